The van der Waals surface area contributed by atoms with E-state index in [0.717, 1.165) is 13.0 Å². The standard InChI is InChI=1S/C13H26N2O2/c1-4-12(13(16)17-5-2)14-10-11-8-6-7-9-15(11)3/h11-12,14H,4-10H2,1-3H3. The van der Waals surface area contributed by atoms with Crippen molar-refractivity contribution in [1.29, 1.82) is 0 Å². The maximum Gasteiger partial charge on any atom is 0.323 e. The van der Waals surface area contributed by atoms with Crippen LogP contribution in [0.1, 0.15) is 39.5 Å². The number of carbonyl (C=O) groups is 1. The molecule has 0 aromatic heterocycles. The molecule has 4 heteroatoms. The third-order valence-corrected chi connectivity index (χ3v) is 3.50. The normalized spacial score (nSPS) is 23.4. The molecule has 100 valence electrons. The lowest BCUT2D eigenvalue weighted by atomic mass is 10.0. The molecular formula is C13H26N2O2. The van der Waals surface area contributed by atoms with Crippen LogP contribution in [0.4, 0.5) is 0 Å². The van der Waals surface area contributed by atoms with E-state index in [2.05, 4.69) is 17.3 Å². The Kier molecular flexibility index (Phi) is 6.52. The number of esters is 1. The van der Waals surface area contributed by atoms with E-state index in [1.54, 1.807) is 0 Å². The molecule has 1 aliphatic heterocycles. The summed E-state index contributed by atoms with van der Waals surface area (Å²) >= 11 is 0. The molecule has 2 atom stereocenters. The van der Waals surface area contributed by atoms with Gasteiger partial charge < -0.3 is 15.0 Å². The van der Waals surface area contributed by atoms with Crippen molar-refractivity contribution in [1.82, 2.24) is 10.2 Å². The van der Waals surface area contributed by atoms with Crippen LogP contribution in [-0.4, -0.2) is 49.7 Å². The Morgan fingerprint density at radius 2 is 2.24 bits per heavy atom. The van der Waals surface area contributed by atoms with Crippen molar-refractivity contribution in [3.63, 3.8) is 0 Å². The van der Waals surface area contributed by atoms with Crippen LogP contribution >= 0.6 is 0 Å². The summed E-state index contributed by atoms with van der Waals surface area (Å²) in [5.41, 5.74) is 0. The second-order valence-corrected chi connectivity index (χ2v) is 4.75. The van der Waals surface area contributed by atoms with E-state index in [4.69, 9.17) is 4.74 Å². The van der Waals surface area contributed by atoms with E-state index in [1.807, 2.05) is 13.8 Å². The number of ether oxygens (including phenoxy) is 1. The van der Waals surface area contributed by atoms with Crippen LogP contribution in [0.15, 0.2) is 0 Å². The summed E-state index contributed by atoms with van der Waals surface area (Å²) in [6.07, 6.45) is 4.60. The summed E-state index contributed by atoms with van der Waals surface area (Å²) in [6, 6.07) is 0.414. The first-order valence-corrected chi connectivity index (χ1v) is 6.79. The van der Waals surface area contributed by atoms with Gasteiger partial charge in [-0.05, 0) is 39.8 Å². The van der Waals surface area contributed by atoms with E-state index >= 15 is 0 Å². The molecule has 1 rings (SSSR count). The summed E-state index contributed by atoms with van der Waals surface area (Å²) in [6.45, 7) is 6.37. The van der Waals surface area contributed by atoms with Gasteiger partial charge in [-0.3, -0.25) is 4.79 Å². The molecule has 4 nitrogen and oxygen atoms in total. The monoisotopic (exact) mass is 242 g/mol. The van der Waals surface area contributed by atoms with Gasteiger partial charge in [-0.2, -0.15) is 0 Å². The number of carbonyl (C=O) groups excluding carboxylic acids is 1. The number of nitrogens with zero attached hydrogens (tertiary/aromatic N) is 1. The van der Waals surface area contributed by atoms with Gasteiger partial charge in [0, 0.05) is 12.6 Å². The van der Waals surface area contributed by atoms with Crippen molar-refractivity contribution in [2.75, 3.05) is 26.7 Å². The Bertz CT molecular complexity index is 233. The highest BCUT2D eigenvalue weighted by Gasteiger charge is 2.22. The van der Waals surface area contributed by atoms with Crippen molar-refractivity contribution < 1.29 is 9.53 Å². The molecule has 0 amide bonds. The van der Waals surface area contributed by atoms with E-state index in [9.17, 15) is 4.79 Å². The van der Waals surface area contributed by atoms with Gasteiger partial charge in [0.05, 0.1) is 6.61 Å². The smallest absolute Gasteiger partial charge is 0.323 e. The second kappa shape index (κ2) is 7.67. The molecule has 0 bridgehead atoms. The highest BCUT2D eigenvalue weighted by molar-refractivity contribution is 5.75. The van der Waals surface area contributed by atoms with Gasteiger partial charge in [0.1, 0.15) is 6.04 Å². The van der Waals surface area contributed by atoms with Crippen molar-refractivity contribution in [3.8, 4) is 0 Å². The van der Waals surface area contributed by atoms with E-state index in [1.165, 1.54) is 25.8 Å². The van der Waals surface area contributed by atoms with Crippen LogP contribution in [0.3, 0.4) is 0 Å². The third-order valence-electron chi connectivity index (χ3n) is 3.50. The maximum absolute atomic E-state index is 11.6. The topological polar surface area (TPSA) is 41.6 Å². The Morgan fingerprint density at radius 1 is 1.47 bits per heavy atom. The fourth-order valence-corrected chi connectivity index (χ4v) is 2.32. The first-order chi connectivity index (χ1) is 8.19. The van der Waals surface area contributed by atoms with Crippen LogP contribution in [0.2, 0.25) is 0 Å². The minimum Gasteiger partial charge on any atom is -0.465 e. The Morgan fingerprint density at radius 3 is 2.82 bits per heavy atom. The van der Waals surface area contributed by atoms with E-state index in [0.29, 0.717) is 12.6 Å². The SMILES string of the molecule is CCOC(=O)C(CC)NCC1CCCCN1C. The lowest BCUT2D eigenvalue weighted by Crippen LogP contribution is -2.48. The highest BCUT2D eigenvalue weighted by Crippen LogP contribution is 2.14. The second-order valence-electron chi connectivity index (χ2n) is 4.75. The molecular weight excluding hydrogens is 216 g/mol. The lowest BCUT2D eigenvalue weighted by Gasteiger charge is -2.33. The zero-order valence-electron chi connectivity index (χ0n) is 11.4. The number of rotatable bonds is 6. The van der Waals surface area contributed by atoms with Crippen molar-refractivity contribution in [2.24, 2.45) is 0 Å². The Hall–Kier alpha value is -0.610. The fourth-order valence-electron chi connectivity index (χ4n) is 2.32. The van der Waals surface area contributed by atoms with Crippen molar-refractivity contribution in [3.05, 3.63) is 0 Å². The average molecular weight is 242 g/mol. The zero-order valence-corrected chi connectivity index (χ0v) is 11.4. The molecule has 17 heavy (non-hydrogen) atoms. The first kappa shape index (κ1) is 14.5. The minimum atomic E-state index is -0.148. The molecule has 0 aliphatic carbocycles. The summed E-state index contributed by atoms with van der Waals surface area (Å²) in [5.74, 6) is -0.117. The van der Waals surface area contributed by atoms with Crippen molar-refractivity contribution >= 4 is 5.97 Å². The van der Waals surface area contributed by atoms with Gasteiger partial charge in [0.25, 0.3) is 0 Å². The molecule has 1 fully saturated rings. The molecule has 2 unspecified atom stereocenters. The lowest BCUT2D eigenvalue weighted by molar-refractivity contribution is -0.145. The molecule has 0 aromatic rings. The molecule has 0 saturated carbocycles. The fraction of sp³-hybridized carbons (Fsp3) is 0.923. The Labute approximate surface area is 105 Å². The largest absolute Gasteiger partial charge is 0.465 e. The zero-order chi connectivity index (χ0) is 12.7. The number of nitrogens with one attached hydrogen (secondary N) is 1. The summed E-state index contributed by atoms with van der Waals surface area (Å²) in [5, 5.41) is 3.34. The molecule has 1 aliphatic rings. The van der Waals surface area contributed by atoms with Crippen LogP contribution in [0.25, 0.3) is 0 Å². The maximum atomic E-state index is 11.6. The van der Waals surface area contributed by atoms with Crippen molar-refractivity contribution in [2.45, 2.75) is 51.6 Å². The van der Waals surface area contributed by atoms with Gasteiger partial charge in [0.2, 0.25) is 0 Å². The minimum absolute atomic E-state index is 0.117. The van der Waals surface area contributed by atoms with Crippen LogP contribution in [-0.2, 0) is 9.53 Å². The summed E-state index contributed by atoms with van der Waals surface area (Å²) in [4.78, 5) is 14.0. The quantitative estimate of drug-likeness (QED) is 0.715. The number of hydrogen-bond acceptors (Lipinski definition) is 4. The Balaban J connectivity index is 2.33. The van der Waals surface area contributed by atoms with E-state index < -0.39 is 0 Å². The van der Waals surface area contributed by atoms with Gasteiger partial charge in [-0.1, -0.05) is 13.3 Å². The van der Waals surface area contributed by atoms with Gasteiger partial charge in [0.15, 0.2) is 0 Å². The average Bonchev–Trinajstić information content (AvgIpc) is 2.32. The number of likely N-dealkylation sites (tertiary alicyclic amines) is 1. The first-order valence-electron chi connectivity index (χ1n) is 6.79. The number of hydrogen-bond donors (Lipinski definition) is 1. The predicted molar refractivity (Wildman–Crippen MR) is 69.0 cm³/mol. The predicted octanol–water partition coefficient (Wildman–Crippen LogP) is 1.40. The molecule has 1 saturated heterocycles. The van der Waals surface area contributed by atoms with Crippen LogP contribution in [0.5, 0.6) is 0 Å². The summed E-state index contributed by atoms with van der Waals surface area (Å²) in [7, 11) is 2.16. The molecule has 1 N–H and O–H groups in total. The summed E-state index contributed by atoms with van der Waals surface area (Å²) < 4.78 is 5.05. The van der Waals surface area contributed by atoms with E-state index in [-0.39, 0.29) is 12.0 Å². The molecule has 0 spiro atoms. The number of piperidine rings is 1. The molecule has 0 aromatic carbocycles. The van der Waals surface area contributed by atoms with Gasteiger partial charge in [-0.15, -0.1) is 0 Å². The third kappa shape index (κ3) is 4.64. The van der Waals surface area contributed by atoms with Crippen LogP contribution in [0, 0.1) is 0 Å². The number of likely N-dealkylation sites (N-methyl/N-ethyl adjacent to an activating group) is 1. The van der Waals surface area contributed by atoms with Gasteiger partial charge >= 0.3 is 5.97 Å². The highest BCUT2D eigenvalue weighted by atomic mass is 16.5. The van der Waals surface area contributed by atoms with Crippen LogP contribution < -0.4 is 5.32 Å². The molecule has 1 heterocycles. The van der Waals surface area contributed by atoms with Gasteiger partial charge in [-0.25, -0.2) is 0 Å². The molecule has 0 radical (unpaired) electrons.